The molecule has 3 heterocycles. The van der Waals surface area contributed by atoms with Crippen molar-refractivity contribution in [2.45, 2.75) is 57.7 Å². The number of hydrogen-bond donors (Lipinski definition) is 1. The van der Waals surface area contributed by atoms with Gasteiger partial charge in [-0.2, -0.15) is 0 Å². The lowest BCUT2D eigenvalue weighted by Gasteiger charge is -2.57. The standard InChI is InChI=1S/C27H31F3N4O4/c1-25(2,3)38-24(36)34-14-26(15-34)12-17(13-26)37-23(35)32-21-19(18-6-4-5-7-20(18)28)8-10-31-22(21)33-11-9-27(29,30)16-33/h4-8,10,17H,9,11-16H2,1-3H3,(H,32,35). The van der Waals surface area contributed by atoms with Crippen molar-refractivity contribution in [1.82, 2.24) is 9.88 Å². The van der Waals surface area contributed by atoms with Crippen LogP contribution in [0, 0.1) is 11.2 Å². The van der Waals surface area contributed by atoms with Crippen LogP contribution in [0.25, 0.3) is 11.1 Å². The molecule has 1 aliphatic carbocycles. The number of pyridine rings is 1. The number of likely N-dealkylation sites (tertiary alicyclic amines) is 1. The van der Waals surface area contributed by atoms with Gasteiger partial charge in [-0.1, -0.05) is 18.2 Å². The van der Waals surface area contributed by atoms with E-state index in [1.807, 2.05) is 20.8 Å². The maximum Gasteiger partial charge on any atom is 0.412 e. The molecule has 1 N–H and O–H groups in total. The number of alkyl halides is 2. The second-order valence-corrected chi connectivity index (χ2v) is 11.5. The van der Waals surface area contributed by atoms with Crippen LogP contribution < -0.4 is 10.2 Å². The zero-order valence-corrected chi connectivity index (χ0v) is 21.6. The van der Waals surface area contributed by atoms with E-state index in [9.17, 15) is 22.8 Å². The van der Waals surface area contributed by atoms with E-state index in [2.05, 4.69) is 10.3 Å². The molecule has 3 aliphatic rings. The van der Waals surface area contributed by atoms with Crippen molar-refractivity contribution < 1.29 is 32.2 Å². The highest BCUT2D eigenvalue weighted by atomic mass is 19.3. The average Bonchev–Trinajstić information content (AvgIpc) is 3.13. The summed E-state index contributed by atoms with van der Waals surface area (Å²) in [7, 11) is 0. The van der Waals surface area contributed by atoms with Gasteiger partial charge in [-0.25, -0.2) is 27.7 Å². The van der Waals surface area contributed by atoms with Gasteiger partial charge >= 0.3 is 12.2 Å². The number of hydrogen-bond acceptors (Lipinski definition) is 6. The summed E-state index contributed by atoms with van der Waals surface area (Å²) in [6.45, 7) is 6.01. The Labute approximate surface area is 219 Å². The molecule has 1 aromatic heterocycles. The van der Waals surface area contributed by atoms with Crippen molar-refractivity contribution in [2.75, 3.05) is 36.4 Å². The molecule has 8 nitrogen and oxygen atoms in total. The maximum atomic E-state index is 14.7. The molecular weight excluding hydrogens is 501 g/mol. The van der Waals surface area contributed by atoms with Crippen LogP contribution in [0.4, 0.5) is 34.3 Å². The molecule has 1 aromatic carbocycles. The second-order valence-electron chi connectivity index (χ2n) is 11.5. The Morgan fingerprint density at radius 1 is 1.08 bits per heavy atom. The number of benzene rings is 1. The van der Waals surface area contributed by atoms with E-state index >= 15 is 0 Å². The van der Waals surface area contributed by atoms with Crippen molar-refractivity contribution in [1.29, 1.82) is 0 Å². The molecule has 2 aromatic rings. The van der Waals surface area contributed by atoms with Gasteiger partial charge in [0.05, 0.1) is 12.2 Å². The van der Waals surface area contributed by atoms with Gasteiger partial charge in [-0.05, 0) is 45.7 Å². The van der Waals surface area contributed by atoms with Gasteiger partial charge in [-0.15, -0.1) is 0 Å². The van der Waals surface area contributed by atoms with Crippen molar-refractivity contribution in [3.8, 4) is 11.1 Å². The third-order valence-electron chi connectivity index (χ3n) is 7.09. The molecule has 2 aliphatic heterocycles. The van der Waals surface area contributed by atoms with Crippen molar-refractivity contribution in [2.24, 2.45) is 5.41 Å². The largest absolute Gasteiger partial charge is 0.446 e. The number of nitrogens with zero attached hydrogens (tertiary/aromatic N) is 3. The lowest BCUT2D eigenvalue weighted by atomic mass is 9.62. The molecule has 1 spiro atoms. The Morgan fingerprint density at radius 2 is 1.79 bits per heavy atom. The molecule has 2 amide bonds. The van der Waals surface area contributed by atoms with E-state index in [-0.39, 0.29) is 47.6 Å². The highest BCUT2D eigenvalue weighted by Gasteiger charge is 2.56. The summed E-state index contributed by atoms with van der Waals surface area (Å²) in [5.74, 6) is -3.27. The van der Waals surface area contributed by atoms with E-state index in [4.69, 9.17) is 9.47 Å². The van der Waals surface area contributed by atoms with E-state index in [1.165, 1.54) is 23.2 Å². The number of anilines is 2. The summed E-state index contributed by atoms with van der Waals surface area (Å²) in [6, 6.07) is 7.56. The minimum atomic E-state index is -2.89. The van der Waals surface area contributed by atoms with Gasteiger partial charge < -0.3 is 19.3 Å². The molecular formula is C27H31F3N4O4. The first-order chi connectivity index (χ1) is 17.8. The Hall–Kier alpha value is -3.50. The van der Waals surface area contributed by atoms with Crippen LogP contribution in [-0.2, 0) is 9.47 Å². The number of ether oxygens (including phenoxy) is 2. The fraction of sp³-hybridized carbons (Fsp3) is 0.519. The van der Waals surface area contributed by atoms with Crippen LogP contribution >= 0.6 is 0 Å². The zero-order chi connectivity index (χ0) is 27.3. The van der Waals surface area contributed by atoms with E-state index in [0.717, 1.165) is 0 Å². The lowest BCUT2D eigenvalue weighted by molar-refractivity contribution is -0.125. The predicted molar refractivity (Wildman–Crippen MR) is 135 cm³/mol. The molecule has 0 unspecified atom stereocenters. The van der Waals surface area contributed by atoms with Gasteiger partial charge in [0.25, 0.3) is 5.92 Å². The van der Waals surface area contributed by atoms with Crippen LogP contribution in [0.3, 0.4) is 0 Å². The molecule has 11 heteroatoms. The van der Waals surface area contributed by atoms with E-state index in [0.29, 0.717) is 31.5 Å². The van der Waals surface area contributed by atoms with Gasteiger partial charge in [0.1, 0.15) is 17.5 Å². The highest BCUT2D eigenvalue weighted by molar-refractivity contribution is 5.96. The minimum Gasteiger partial charge on any atom is -0.446 e. The fourth-order valence-electron chi connectivity index (χ4n) is 5.38. The first kappa shape index (κ1) is 26.1. The molecule has 1 saturated carbocycles. The summed E-state index contributed by atoms with van der Waals surface area (Å²) >= 11 is 0. The Kier molecular flexibility index (Phi) is 6.43. The number of halogens is 3. The van der Waals surface area contributed by atoms with E-state index < -0.39 is 30.0 Å². The van der Waals surface area contributed by atoms with Gasteiger partial charge in [-0.3, -0.25) is 5.32 Å². The SMILES string of the molecule is CC(C)(C)OC(=O)N1CC2(CC(OC(=O)Nc3c(-c4ccccc4F)ccnc3N3CCC(F)(F)C3)C2)C1. The third kappa shape index (κ3) is 5.37. The lowest BCUT2D eigenvalue weighted by Crippen LogP contribution is -2.66. The second kappa shape index (κ2) is 9.36. The maximum absolute atomic E-state index is 14.7. The first-order valence-corrected chi connectivity index (χ1v) is 12.7. The summed E-state index contributed by atoms with van der Waals surface area (Å²) in [4.78, 5) is 32.4. The van der Waals surface area contributed by atoms with Crippen LogP contribution in [-0.4, -0.2) is 65.9 Å². The first-order valence-electron chi connectivity index (χ1n) is 12.7. The van der Waals surface area contributed by atoms with Crippen LogP contribution in [0.2, 0.25) is 0 Å². The Bertz CT molecular complexity index is 1240. The van der Waals surface area contributed by atoms with Gasteiger partial charge in [0.15, 0.2) is 5.82 Å². The number of aromatic nitrogens is 1. The molecule has 0 radical (unpaired) electrons. The van der Waals surface area contributed by atoms with E-state index in [1.54, 1.807) is 23.1 Å². The molecule has 0 atom stereocenters. The zero-order valence-electron chi connectivity index (χ0n) is 21.6. The summed E-state index contributed by atoms with van der Waals surface area (Å²) in [5.41, 5.74) is -0.0233. The summed E-state index contributed by atoms with van der Waals surface area (Å²) in [5, 5.41) is 2.66. The molecule has 38 heavy (non-hydrogen) atoms. The smallest absolute Gasteiger partial charge is 0.412 e. The number of amides is 2. The highest BCUT2D eigenvalue weighted by Crippen LogP contribution is 2.50. The summed E-state index contributed by atoms with van der Waals surface area (Å²) in [6.07, 6.45) is 0.771. The number of carbonyl (C=O) groups excluding carboxylic acids is 2. The van der Waals surface area contributed by atoms with Crippen molar-refractivity contribution in [3.05, 3.63) is 42.3 Å². The Balaban J connectivity index is 1.26. The van der Waals surface area contributed by atoms with Crippen molar-refractivity contribution >= 4 is 23.7 Å². The van der Waals surface area contributed by atoms with Crippen LogP contribution in [0.1, 0.15) is 40.0 Å². The number of nitrogens with one attached hydrogen (secondary N) is 1. The quantitative estimate of drug-likeness (QED) is 0.546. The van der Waals surface area contributed by atoms with Crippen molar-refractivity contribution in [3.63, 3.8) is 0 Å². The molecule has 2 saturated heterocycles. The minimum absolute atomic E-state index is 0.0454. The predicted octanol–water partition coefficient (Wildman–Crippen LogP) is 5.68. The fourth-order valence-corrected chi connectivity index (χ4v) is 5.38. The number of carbonyl (C=O) groups is 2. The molecule has 5 rings (SSSR count). The summed E-state index contributed by atoms with van der Waals surface area (Å²) < 4.78 is 53.6. The van der Waals surface area contributed by atoms with Gasteiger partial charge in [0.2, 0.25) is 0 Å². The molecule has 204 valence electrons. The number of rotatable bonds is 4. The average molecular weight is 533 g/mol. The Morgan fingerprint density at radius 3 is 2.42 bits per heavy atom. The normalized spacial score (nSPS) is 20.1. The molecule has 0 bridgehead atoms. The van der Waals surface area contributed by atoms with Gasteiger partial charge in [0, 0.05) is 48.8 Å². The third-order valence-corrected chi connectivity index (χ3v) is 7.09. The van der Waals surface area contributed by atoms with Crippen LogP contribution in [0.15, 0.2) is 36.5 Å². The topological polar surface area (TPSA) is 84.0 Å². The molecule has 3 fully saturated rings. The van der Waals surface area contributed by atoms with Crippen LogP contribution in [0.5, 0.6) is 0 Å². The monoisotopic (exact) mass is 532 g/mol.